The highest BCUT2D eigenvalue weighted by atomic mass is 35.5. The molecule has 3 heterocycles. The van der Waals surface area contributed by atoms with Crippen LogP contribution in [0.25, 0.3) is 0 Å². The summed E-state index contributed by atoms with van der Waals surface area (Å²) in [5.74, 6) is -1.80. The molecule has 0 saturated carbocycles. The summed E-state index contributed by atoms with van der Waals surface area (Å²) in [6.07, 6.45) is 0. The van der Waals surface area contributed by atoms with Crippen molar-refractivity contribution in [3.63, 3.8) is 0 Å². The summed E-state index contributed by atoms with van der Waals surface area (Å²) in [7, 11) is -6.99. The Morgan fingerprint density at radius 1 is 0.658 bits per heavy atom. The van der Waals surface area contributed by atoms with Gasteiger partial charge < -0.3 is 10.6 Å². The van der Waals surface area contributed by atoms with Gasteiger partial charge >= 0.3 is 0 Å². The molecular weight excluding hydrogens is 575 g/mol. The molecule has 0 bridgehead atoms. The van der Waals surface area contributed by atoms with E-state index >= 15 is 0 Å². The Kier molecular flexibility index (Phi) is 7.48. The fourth-order valence-corrected chi connectivity index (χ4v) is 10.1. The van der Waals surface area contributed by atoms with Gasteiger partial charge in [0.15, 0.2) is 19.7 Å². The van der Waals surface area contributed by atoms with E-state index < -0.39 is 55.7 Å². The standard InChI is InChI=1S/C24H26Cl2N4O6S2/c25-15-5-1-3-7-17(15)27-23(31)9-29-19-11-37(33,34)13-21(19)30(22-14-38(35,36)12-20(22)29)10-24(32)28-18-8-4-2-6-16(18)26/h1-8,19-22H,9-14H2,(H,27,31)(H,28,32). The number of carbonyl (C=O) groups is 2. The number of benzene rings is 2. The number of anilines is 2. The number of fused-ring (bicyclic) bond motifs is 2. The summed E-state index contributed by atoms with van der Waals surface area (Å²) in [4.78, 5) is 29.4. The summed E-state index contributed by atoms with van der Waals surface area (Å²) < 4.78 is 51.1. The monoisotopic (exact) mass is 600 g/mol. The minimum atomic E-state index is -3.50. The van der Waals surface area contributed by atoms with Crippen molar-refractivity contribution in [2.45, 2.75) is 24.2 Å². The predicted octanol–water partition coefficient (Wildman–Crippen LogP) is 1.52. The van der Waals surface area contributed by atoms with Crippen molar-refractivity contribution >= 4 is 66.1 Å². The summed E-state index contributed by atoms with van der Waals surface area (Å²) in [5, 5.41) is 6.16. The Hall–Kier alpha value is -2.22. The third-order valence-electron chi connectivity index (χ3n) is 7.24. The SMILES string of the molecule is O=C(CN1C2CS(=O)(=O)CC2N(CC(=O)Nc2ccccc2Cl)C2CS(=O)(=O)CC21)Nc1ccccc1Cl. The molecule has 10 nitrogen and oxygen atoms in total. The lowest BCUT2D eigenvalue weighted by Crippen LogP contribution is -2.69. The van der Waals surface area contributed by atoms with Crippen LogP contribution in [-0.2, 0) is 29.3 Å². The Morgan fingerprint density at radius 2 is 0.974 bits per heavy atom. The van der Waals surface area contributed by atoms with Gasteiger partial charge in [0.25, 0.3) is 0 Å². The Bertz CT molecular complexity index is 1340. The van der Waals surface area contributed by atoms with Gasteiger partial charge in [-0.1, -0.05) is 47.5 Å². The maximum atomic E-state index is 13.0. The van der Waals surface area contributed by atoms with Crippen molar-refractivity contribution in [3.8, 4) is 0 Å². The van der Waals surface area contributed by atoms with Gasteiger partial charge in [-0.15, -0.1) is 0 Å². The molecule has 14 heteroatoms. The number of piperazine rings is 1. The van der Waals surface area contributed by atoms with E-state index in [4.69, 9.17) is 23.2 Å². The Labute approximate surface area is 231 Å². The first-order valence-electron chi connectivity index (χ1n) is 11.9. The fourth-order valence-electron chi connectivity index (χ4n) is 5.69. The molecule has 38 heavy (non-hydrogen) atoms. The van der Waals surface area contributed by atoms with Gasteiger partial charge in [0.2, 0.25) is 11.8 Å². The van der Waals surface area contributed by atoms with E-state index in [-0.39, 0.29) is 36.1 Å². The number of nitrogens with one attached hydrogen (secondary N) is 2. The van der Waals surface area contributed by atoms with E-state index in [1.165, 1.54) is 0 Å². The summed E-state index contributed by atoms with van der Waals surface area (Å²) in [6, 6.07) is 10.8. The molecule has 2 amide bonds. The number of sulfone groups is 2. The number of hydrogen-bond acceptors (Lipinski definition) is 8. The normalized spacial score (nSPS) is 27.8. The predicted molar refractivity (Wildman–Crippen MR) is 146 cm³/mol. The second kappa shape index (κ2) is 10.4. The summed E-state index contributed by atoms with van der Waals surface area (Å²) in [5.41, 5.74) is 0.806. The molecule has 3 aliphatic rings. The minimum absolute atomic E-state index is 0.210. The van der Waals surface area contributed by atoms with Crippen LogP contribution in [0.1, 0.15) is 0 Å². The van der Waals surface area contributed by atoms with E-state index in [0.717, 1.165) is 0 Å². The Balaban J connectivity index is 1.41. The zero-order chi connectivity index (χ0) is 27.2. The molecule has 2 aromatic rings. The molecule has 2 aromatic carbocycles. The maximum absolute atomic E-state index is 13.0. The van der Waals surface area contributed by atoms with Crippen molar-refractivity contribution < 1.29 is 26.4 Å². The zero-order valence-electron chi connectivity index (χ0n) is 20.1. The average molecular weight is 602 g/mol. The molecule has 3 aliphatic heterocycles. The van der Waals surface area contributed by atoms with Crippen LogP contribution >= 0.6 is 23.2 Å². The number of nitrogens with zero attached hydrogens (tertiary/aromatic N) is 2. The molecule has 204 valence electrons. The van der Waals surface area contributed by atoms with E-state index in [1.807, 2.05) is 0 Å². The second-order valence-electron chi connectivity index (χ2n) is 9.82. The third-order valence-corrected chi connectivity index (χ3v) is 11.3. The molecule has 0 radical (unpaired) electrons. The molecule has 4 unspecified atom stereocenters. The largest absolute Gasteiger partial charge is 0.324 e. The quantitative estimate of drug-likeness (QED) is 0.510. The van der Waals surface area contributed by atoms with Crippen LogP contribution in [0.15, 0.2) is 48.5 Å². The molecule has 4 atom stereocenters. The number of halogens is 2. The van der Waals surface area contributed by atoms with Crippen molar-refractivity contribution in [2.24, 2.45) is 0 Å². The molecule has 3 saturated heterocycles. The molecule has 0 aliphatic carbocycles. The van der Waals surface area contributed by atoms with E-state index in [9.17, 15) is 26.4 Å². The average Bonchev–Trinajstić information content (AvgIpc) is 3.33. The van der Waals surface area contributed by atoms with Gasteiger partial charge in [-0.2, -0.15) is 0 Å². The second-order valence-corrected chi connectivity index (χ2v) is 14.9. The third kappa shape index (κ3) is 5.70. The first-order chi connectivity index (χ1) is 17.9. The zero-order valence-corrected chi connectivity index (χ0v) is 23.2. The molecule has 3 fully saturated rings. The van der Waals surface area contributed by atoms with Crippen molar-refractivity contribution in [2.75, 3.05) is 46.7 Å². The van der Waals surface area contributed by atoms with Crippen molar-refractivity contribution in [1.29, 1.82) is 0 Å². The van der Waals surface area contributed by atoms with Crippen LogP contribution in [0.2, 0.25) is 10.0 Å². The van der Waals surface area contributed by atoms with Crippen molar-refractivity contribution in [1.82, 2.24) is 9.80 Å². The van der Waals surface area contributed by atoms with Crippen LogP contribution < -0.4 is 10.6 Å². The van der Waals surface area contributed by atoms with E-state index in [0.29, 0.717) is 21.4 Å². The van der Waals surface area contributed by atoms with Crippen molar-refractivity contribution in [3.05, 3.63) is 58.6 Å². The lowest BCUT2D eigenvalue weighted by molar-refractivity contribution is -0.125. The lowest BCUT2D eigenvalue weighted by atomic mass is 9.94. The minimum Gasteiger partial charge on any atom is -0.324 e. The van der Waals surface area contributed by atoms with Crippen LogP contribution in [-0.4, -0.2) is 98.7 Å². The number of hydrogen-bond donors (Lipinski definition) is 2. The number of amides is 2. The van der Waals surface area contributed by atoms with Gasteiger partial charge in [0.05, 0.1) is 57.5 Å². The van der Waals surface area contributed by atoms with Crippen LogP contribution in [0.4, 0.5) is 11.4 Å². The first kappa shape index (κ1) is 27.4. The van der Waals surface area contributed by atoms with Gasteiger partial charge in [0, 0.05) is 24.2 Å². The van der Waals surface area contributed by atoms with Gasteiger partial charge in [-0.05, 0) is 24.3 Å². The van der Waals surface area contributed by atoms with E-state index in [1.54, 1.807) is 58.3 Å². The molecule has 0 aromatic heterocycles. The number of rotatable bonds is 6. The van der Waals surface area contributed by atoms with Gasteiger partial charge in [0.1, 0.15) is 0 Å². The van der Waals surface area contributed by atoms with Gasteiger partial charge in [-0.3, -0.25) is 19.4 Å². The topological polar surface area (TPSA) is 133 Å². The van der Waals surface area contributed by atoms with Gasteiger partial charge in [-0.25, -0.2) is 16.8 Å². The summed E-state index contributed by atoms with van der Waals surface area (Å²) in [6.45, 7) is -0.420. The maximum Gasteiger partial charge on any atom is 0.238 e. The lowest BCUT2D eigenvalue weighted by Gasteiger charge is -2.50. The van der Waals surface area contributed by atoms with Crippen LogP contribution in [0.5, 0.6) is 0 Å². The molecule has 2 N–H and O–H groups in total. The highest BCUT2D eigenvalue weighted by molar-refractivity contribution is 7.92. The smallest absolute Gasteiger partial charge is 0.238 e. The van der Waals surface area contributed by atoms with Crippen LogP contribution in [0.3, 0.4) is 0 Å². The fraction of sp³-hybridized carbons (Fsp3) is 0.417. The molecule has 5 rings (SSSR count). The highest BCUT2D eigenvalue weighted by Crippen LogP contribution is 2.37. The number of carbonyl (C=O) groups excluding carboxylic acids is 2. The first-order valence-corrected chi connectivity index (χ1v) is 16.3. The Morgan fingerprint density at radius 3 is 1.29 bits per heavy atom. The summed E-state index contributed by atoms with van der Waals surface area (Å²) >= 11 is 12.3. The molecular formula is C24H26Cl2N4O6S2. The van der Waals surface area contributed by atoms with E-state index in [2.05, 4.69) is 10.6 Å². The van der Waals surface area contributed by atoms with Crippen LogP contribution in [0, 0.1) is 0 Å². The highest BCUT2D eigenvalue weighted by Gasteiger charge is 2.58. The molecule has 0 spiro atoms. The number of para-hydroxylation sites is 2.